The number of aryl methyl sites for hydroxylation is 2. The molecule has 2 aromatic heterocycles. The van der Waals surface area contributed by atoms with Gasteiger partial charge in [0.2, 0.25) is 0 Å². The summed E-state index contributed by atoms with van der Waals surface area (Å²) >= 11 is 0. The maximum absolute atomic E-state index is 13.4. The third-order valence-electron chi connectivity index (χ3n) is 3.51. The van der Waals surface area contributed by atoms with Gasteiger partial charge >= 0.3 is 0 Å². The van der Waals surface area contributed by atoms with Crippen molar-refractivity contribution in [3.63, 3.8) is 0 Å². The number of pyridine rings is 1. The highest BCUT2D eigenvalue weighted by Crippen LogP contribution is 2.23. The summed E-state index contributed by atoms with van der Waals surface area (Å²) in [5.41, 5.74) is 4.33. The van der Waals surface area contributed by atoms with Crippen LogP contribution in [-0.4, -0.2) is 15.2 Å². The van der Waals surface area contributed by atoms with E-state index in [4.69, 9.17) is 0 Å². The van der Waals surface area contributed by atoms with Crippen molar-refractivity contribution in [3.05, 3.63) is 71.4 Å². The fourth-order valence-corrected chi connectivity index (χ4v) is 2.28. The highest BCUT2D eigenvalue weighted by molar-refractivity contribution is 5.63. The van der Waals surface area contributed by atoms with Crippen LogP contribution in [-0.2, 0) is 6.42 Å². The molecule has 23 heavy (non-hydrogen) atoms. The number of aromatic amines is 1. The molecule has 0 amide bonds. The second-order valence-corrected chi connectivity index (χ2v) is 5.25. The number of nitrogens with one attached hydrogen (secondary N) is 1. The van der Waals surface area contributed by atoms with Crippen LogP contribution in [0, 0.1) is 24.6 Å². The summed E-state index contributed by atoms with van der Waals surface area (Å²) in [6.45, 7) is 1.95. The molecule has 0 saturated heterocycles. The van der Waals surface area contributed by atoms with Gasteiger partial charge in [-0.25, -0.2) is 9.37 Å². The van der Waals surface area contributed by atoms with Gasteiger partial charge in [-0.1, -0.05) is 18.1 Å². The van der Waals surface area contributed by atoms with Crippen molar-refractivity contribution in [1.29, 1.82) is 0 Å². The van der Waals surface area contributed by atoms with Gasteiger partial charge in [0.1, 0.15) is 11.5 Å². The first-order valence-electron chi connectivity index (χ1n) is 7.43. The second-order valence-electron chi connectivity index (χ2n) is 5.25. The average molecular weight is 305 g/mol. The number of hydrogen-bond donors (Lipinski definition) is 1. The molecule has 1 aromatic carbocycles. The van der Waals surface area contributed by atoms with E-state index < -0.39 is 0 Å². The normalized spacial score (nSPS) is 10.2. The van der Waals surface area contributed by atoms with Crippen LogP contribution in [0.4, 0.5) is 4.39 Å². The molecule has 3 nitrogen and oxygen atoms in total. The number of aromatic nitrogens is 3. The molecule has 114 valence electrons. The van der Waals surface area contributed by atoms with E-state index in [2.05, 4.69) is 27.0 Å². The van der Waals surface area contributed by atoms with Gasteiger partial charge < -0.3 is 0 Å². The Kier molecular flexibility index (Phi) is 4.49. The number of benzene rings is 1. The van der Waals surface area contributed by atoms with Gasteiger partial charge in [0, 0.05) is 30.3 Å². The van der Waals surface area contributed by atoms with Gasteiger partial charge in [-0.2, -0.15) is 5.10 Å². The summed E-state index contributed by atoms with van der Waals surface area (Å²) in [7, 11) is 0. The van der Waals surface area contributed by atoms with Crippen molar-refractivity contribution < 1.29 is 4.39 Å². The Morgan fingerprint density at radius 2 is 2.09 bits per heavy atom. The first-order valence-corrected chi connectivity index (χ1v) is 7.43. The van der Waals surface area contributed by atoms with Crippen molar-refractivity contribution in [2.45, 2.75) is 19.8 Å². The Morgan fingerprint density at radius 1 is 1.17 bits per heavy atom. The van der Waals surface area contributed by atoms with Gasteiger partial charge in [0.05, 0.1) is 5.69 Å². The molecule has 2 heterocycles. The van der Waals surface area contributed by atoms with Crippen LogP contribution in [0.2, 0.25) is 0 Å². The summed E-state index contributed by atoms with van der Waals surface area (Å²) in [6.07, 6.45) is 3.20. The zero-order valence-corrected chi connectivity index (χ0v) is 12.8. The van der Waals surface area contributed by atoms with Gasteiger partial charge in [-0.05, 0) is 48.7 Å². The van der Waals surface area contributed by atoms with E-state index in [0.29, 0.717) is 6.42 Å². The van der Waals surface area contributed by atoms with Gasteiger partial charge in [0.25, 0.3) is 0 Å². The van der Waals surface area contributed by atoms with E-state index in [1.54, 1.807) is 12.3 Å². The van der Waals surface area contributed by atoms with Crippen molar-refractivity contribution in [3.8, 4) is 23.1 Å². The van der Waals surface area contributed by atoms with E-state index in [-0.39, 0.29) is 5.82 Å². The lowest BCUT2D eigenvalue weighted by Crippen LogP contribution is -1.85. The van der Waals surface area contributed by atoms with Crippen molar-refractivity contribution in [2.75, 3.05) is 0 Å². The highest BCUT2D eigenvalue weighted by atomic mass is 19.1. The monoisotopic (exact) mass is 305 g/mol. The molecule has 4 heteroatoms. The largest absolute Gasteiger partial charge is 0.282 e. The van der Waals surface area contributed by atoms with Gasteiger partial charge in [-0.3, -0.25) is 5.10 Å². The molecule has 0 unspecified atom stereocenters. The molecule has 0 spiro atoms. The fourth-order valence-electron chi connectivity index (χ4n) is 2.28. The minimum absolute atomic E-state index is 0.253. The van der Waals surface area contributed by atoms with Gasteiger partial charge in [0.15, 0.2) is 0 Å². The molecule has 0 saturated carbocycles. The first-order chi connectivity index (χ1) is 11.2. The minimum atomic E-state index is -0.253. The van der Waals surface area contributed by atoms with E-state index in [9.17, 15) is 4.39 Å². The summed E-state index contributed by atoms with van der Waals surface area (Å²) in [5.74, 6) is 5.87. The summed E-state index contributed by atoms with van der Waals surface area (Å²) in [4.78, 5) is 4.16. The molecule has 0 fully saturated rings. The maximum Gasteiger partial charge on any atom is 0.123 e. The zero-order chi connectivity index (χ0) is 16.1. The van der Waals surface area contributed by atoms with Crippen molar-refractivity contribution >= 4 is 0 Å². The Hall–Kier alpha value is -2.93. The van der Waals surface area contributed by atoms with Crippen molar-refractivity contribution in [1.82, 2.24) is 15.2 Å². The van der Waals surface area contributed by atoms with E-state index in [1.807, 2.05) is 31.2 Å². The Morgan fingerprint density at radius 3 is 2.91 bits per heavy atom. The molecule has 1 N–H and O–H groups in total. The molecular formula is C19H16FN3. The predicted molar refractivity (Wildman–Crippen MR) is 88.2 cm³/mol. The third-order valence-corrected chi connectivity index (χ3v) is 3.51. The average Bonchev–Trinajstić information content (AvgIpc) is 3.03. The maximum atomic E-state index is 13.4. The van der Waals surface area contributed by atoms with Crippen LogP contribution < -0.4 is 0 Å². The second kappa shape index (κ2) is 6.89. The summed E-state index contributed by atoms with van der Waals surface area (Å²) in [6, 6.07) is 12.3. The van der Waals surface area contributed by atoms with Crippen LogP contribution in [0.15, 0.2) is 48.7 Å². The van der Waals surface area contributed by atoms with E-state index >= 15 is 0 Å². The fraction of sp³-hybridized carbons (Fsp3) is 0.158. The Bertz CT molecular complexity index is 857. The number of nitrogens with zero attached hydrogens (tertiary/aromatic N) is 2. The zero-order valence-electron chi connectivity index (χ0n) is 12.8. The van der Waals surface area contributed by atoms with E-state index in [0.717, 1.165) is 34.6 Å². The molecule has 3 rings (SSSR count). The summed E-state index contributed by atoms with van der Waals surface area (Å²) < 4.78 is 13.4. The standard InChI is InChI=1S/C19H16FN3/c1-14-9-10-15(20)12-18(14)19-13-17(22-23-19)8-3-2-6-16-7-4-5-11-21-16/h4-5,7,9-13H,3,8H2,1H3,(H,22,23). The van der Waals surface area contributed by atoms with Crippen LogP contribution >= 0.6 is 0 Å². The molecule has 0 radical (unpaired) electrons. The van der Waals surface area contributed by atoms with Crippen LogP contribution in [0.5, 0.6) is 0 Å². The molecule has 0 aliphatic heterocycles. The van der Waals surface area contributed by atoms with Crippen LogP contribution in [0.1, 0.15) is 23.4 Å². The molecule has 0 atom stereocenters. The lowest BCUT2D eigenvalue weighted by atomic mass is 10.1. The van der Waals surface area contributed by atoms with Gasteiger partial charge in [-0.15, -0.1) is 0 Å². The number of rotatable bonds is 3. The lowest BCUT2D eigenvalue weighted by molar-refractivity contribution is 0.628. The summed E-state index contributed by atoms with van der Waals surface area (Å²) in [5, 5.41) is 7.27. The molecule has 3 aromatic rings. The predicted octanol–water partition coefficient (Wildman–Crippen LogP) is 3.90. The highest BCUT2D eigenvalue weighted by Gasteiger charge is 2.07. The molecular weight excluding hydrogens is 289 g/mol. The van der Waals surface area contributed by atoms with Crippen LogP contribution in [0.3, 0.4) is 0 Å². The number of hydrogen-bond acceptors (Lipinski definition) is 2. The minimum Gasteiger partial charge on any atom is -0.282 e. The SMILES string of the molecule is Cc1ccc(F)cc1-c1cc(CCC#Cc2ccccn2)[nH]n1. The lowest BCUT2D eigenvalue weighted by Gasteiger charge is -2.01. The number of H-pyrrole nitrogens is 1. The van der Waals surface area contributed by atoms with E-state index in [1.165, 1.54) is 12.1 Å². The third kappa shape index (κ3) is 3.83. The molecule has 0 aliphatic carbocycles. The number of halogens is 1. The Balaban J connectivity index is 1.66. The Labute approximate surface area is 134 Å². The first kappa shape index (κ1) is 15.0. The molecule has 0 aliphatic rings. The van der Waals surface area contributed by atoms with Crippen molar-refractivity contribution in [2.24, 2.45) is 0 Å². The molecule has 0 bridgehead atoms. The smallest absolute Gasteiger partial charge is 0.123 e. The topological polar surface area (TPSA) is 41.6 Å². The van der Waals surface area contributed by atoms with Crippen LogP contribution in [0.25, 0.3) is 11.3 Å². The quantitative estimate of drug-likeness (QED) is 0.746.